The number of nitrogens with one attached hydrogen (secondary N) is 2. The summed E-state index contributed by atoms with van der Waals surface area (Å²) in [5.41, 5.74) is 3.23. The van der Waals surface area contributed by atoms with Gasteiger partial charge in [-0.15, -0.1) is 0 Å². The molecule has 0 saturated heterocycles. The zero-order chi connectivity index (χ0) is 20.6. The fourth-order valence-corrected chi connectivity index (χ4v) is 2.90. The molecule has 0 fully saturated rings. The Labute approximate surface area is 170 Å². The van der Waals surface area contributed by atoms with Gasteiger partial charge in [0, 0.05) is 11.3 Å². The van der Waals surface area contributed by atoms with Gasteiger partial charge in [-0.3, -0.25) is 9.59 Å². The average Bonchev–Trinajstić information content (AvgIpc) is 2.73. The average molecular weight is 388 g/mol. The summed E-state index contributed by atoms with van der Waals surface area (Å²) in [6.45, 7) is 3.81. The molecule has 0 aliphatic heterocycles. The first kappa shape index (κ1) is 20.1. The quantitative estimate of drug-likeness (QED) is 0.626. The van der Waals surface area contributed by atoms with Crippen molar-refractivity contribution >= 4 is 17.5 Å². The Kier molecular flexibility index (Phi) is 6.63. The number of hydrogen-bond donors (Lipinski definition) is 2. The molecule has 1 unspecified atom stereocenters. The van der Waals surface area contributed by atoms with Crippen molar-refractivity contribution in [2.24, 2.45) is 0 Å². The summed E-state index contributed by atoms with van der Waals surface area (Å²) in [7, 11) is 0. The van der Waals surface area contributed by atoms with Crippen molar-refractivity contribution < 1.29 is 14.3 Å². The van der Waals surface area contributed by atoms with Crippen LogP contribution < -0.4 is 15.4 Å². The Balaban J connectivity index is 1.56. The number of benzene rings is 3. The number of carbonyl (C=O) groups excluding carboxylic acids is 2. The molecule has 2 N–H and O–H groups in total. The minimum absolute atomic E-state index is 0.0573. The van der Waals surface area contributed by atoms with Crippen LogP contribution in [0.2, 0.25) is 0 Å². The van der Waals surface area contributed by atoms with E-state index in [2.05, 4.69) is 10.6 Å². The van der Waals surface area contributed by atoms with Crippen LogP contribution >= 0.6 is 0 Å². The van der Waals surface area contributed by atoms with Gasteiger partial charge in [0.15, 0.2) is 6.61 Å². The predicted molar refractivity (Wildman–Crippen MR) is 114 cm³/mol. The molecule has 0 bridgehead atoms. The number of rotatable bonds is 7. The fourth-order valence-electron chi connectivity index (χ4n) is 2.90. The molecule has 2 amide bonds. The Morgan fingerprint density at radius 2 is 1.69 bits per heavy atom. The second-order valence-electron chi connectivity index (χ2n) is 6.84. The summed E-state index contributed by atoms with van der Waals surface area (Å²) in [5, 5.41) is 5.80. The molecule has 1 atom stereocenters. The van der Waals surface area contributed by atoms with Crippen LogP contribution in [-0.4, -0.2) is 18.4 Å². The number of carbonyl (C=O) groups is 2. The summed E-state index contributed by atoms with van der Waals surface area (Å²) in [6.07, 6.45) is 0. The number of hydrogen-bond acceptors (Lipinski definition) is 3. The highest BCUT2D eigenvalue weighted by Gasteiger charge is 2.12. The molecular formula is C24H24N2O3. The molecule has 0 aliphatic rings. The van der Waals surface area contributed by atoms with Gasteiger partial charge in [-0.2, -0.15) is 0 Å². The maximum Gasteiger partial charge on any atom is 0.258 e. The van der Waals surface area contributed by atoms with Crippen molar-refractivity contribution in [3.05, 3.63) is 95.6 Å². The van der Waals surface area contributed by atoms with Gasteiger partial charge < -0.3 is 15.4 Å². The first-order chi connectivity index (χ1) is 14.0. The van der Waals surface area contributed by atoms with Crippen LogP contribution in [0.3, 0.4) is 0 Å². The predicted octanol–water partition coefficient (Wildman–Crippen LogP) is 4.50. The first-order valence-corrected chi connectivity index (χ1v) is 9.46. The minimum atomic E-state index is -0.225. The molecule has 5 heteroatoms. The lowest BCUT2D eigenvalue weighted by atomic mass is 10.1. The van der Waals surface area contributed by atoms with Crippen LogP contribution in [0, 0.1) is 6.92 Å². The highest BCUT2D eigenvalue weighted by molar-refractivity contribution is 6.04. The zero-order valence-electron chi connectivity index (χ0n) is 16.5. The highest BCUT2D eigenvalue weighted by atomic mass is 16.5. The molecule has 5 nitrogen and oxygen atoms in total. The number of aryl methyl sites for hydroxylation is 1. The number of ether oxygens (including phenoxy) is 1. The van der Waals surface area contributed by atoms with Crippen molar-refractivity contribution in [2.75, 3.05) is 11.9 Å². The summed E-state index contributed by atoms with van der Waals surface area (Å²) in [5.74, 6) is 0.280. The topological polar surface area (TPSA) is 67.4 Å². The summed E-state index contributed by atoms with van der Waals surface area (Å²) in [4.78, 5) is 24.5. The first-order valence-electron chi connectivity index (χ1n) is 9.46. The van der Waals surface area contributed by atoms with Crippen molar-refractivity contribution in [3.63, 3.8) is 0 Å². The maximum atomic E-state index is 12.3. The van der Waals surface area contributed by atoms with E-state index in [1.54, 1.807) is 12.1 Å². The van der Waals surface area contributed by atoms with Gasteiger partial charge in [0.1, 0.15) is 5.75 Å². The largest absolute Gasteiger partial charge is 0.484 e. The number of anilines is 1. The second-order valence-corrected chi connectivity index (χ2v) is 6.84. The van der Waals surface area contributed by atoms with Crippen LogP contribution in [0.1, 0.15) is 34.5 Å². The molecular weight excluding hydrogens is 364 g/mol. The van der Waals surface area contributed by atoms with Gasteiger partial charge in [-0.1, -0.05) is 42.5 Å². The van der Waals surface area contributed by atoms with Crippen LogP contribution in [0.5, 0.6) is 5.75 Å². The van der Waals surface area contributed by atoms with E-state index in [-0.39, 0.29) is 24.5 Å². The molecule has 148 valence electrons. The number of amides is 2. The van der Waals surface area contributed by atoms with Gasteiger partial charge in [0.05, 0.1) is 6.04 Å². The Bertz CT molecular complexity index is 986. The van der Waals surface area contributed by atoms with Crippen molar-refractivity contribution in [2.45, 2.75) is 19.9 Å². The van der Waals surface area contributed by atoms with Crippen LogP contribution in [0.25, 0.3) is 0 Å². The van der Waals surface area contributed by atoms with Crippen molar-refractivity contribution in [3.8, 4) is 5.75 Å². The van der Waals surface area contributed by atoms with Crippen LogP contribution in [-0.2, 0) is 4.79 Å². The lowest BCUT2D eigenvalue weighted by molar-refractivity contribution is -0.123. The van der Waals surface area contributed by atoms with Crippen molar-refractivity contribution in [1.82, 2.24) is 5.32 Å². The van der Waals surface area contributed by atoms with E-state index < -0.39 is 0 Å². The third-order valence-electron chi connectivity index (χ3n) is 4.42. The standard InChI is InChI=1S/C24H24N2O3/c1-17-8-6-13-22(14-17)29-16-23(27)25-18(2)20-11-7-12-21(15-20)26-24(28)19-9-4-3-5-10-19/h3-15,18H,16H2,1-2H3,(H,25,27)(H,26,28). The molecule has 3 aromatic carbocycles. The molecule has 0 radical (unpaired) electrons. The fraction of sp³-hybridized carbons (Fsp3) is 0.167. The third-order valence-corrected chi connectivity index (χ3v) is 4.42. The molecule has 29 heavy (non-hydrogen) atoms. The normalized spacial score (nSPS) is 11.4. The maximum absolute atomic E-state index is 12.3. The molecule has 3 aromatic rings. The van der Waals surface area contributed by atoms with E-state index in [0.717, 1.165) is 11.1 Å². The van der Waals surface area contributed by atoms with E-state index in [1.165, 1.54) is 0 Å². The van der Waals surface area contributed by atoms with E-state index in [0.29, 0.717) is 17.0 Å². The molecule has 0 aromatic heterocycles. The molecule has 0 saturated carbocycles. The van der Waals surface area contributed by atoms with Crippen LogP contribution in [0.15, 0.2) is 78.9 Å². The Hall–Kier alpha value is -3.60. The lowest BCUT2D eigenvalue weighted by Crippen LogP contribution is -2.31. The van der Waals surface area contributed by atoms with Gasteiger partial charge in [0.2, 0.25) is 0 Å². The molecule has 0 spiro atoms. The van der Waals surface area contributed by atoms with Gasteiger partial charge in [0.25, 0.3) is 11.8 Å². The Morgan fingerprint density at radius 3 is 2.45 bits per heavy atom. The highest BCUT2D eigenvalue weighted by Crippen LogP contribution is 2.18. The zero-order valence-corrected chi connectivity index (χ0v) is 16.5. The van der Waals surface area contributed by atoms with E-state index >= 15 is 0 Å². The van der Waals surface area contributed by atoms with E-state index in [1.807, 2.05) is 80.6 Å². The molecule has 0 heterocycles. The van der Waals surface area contributed by atoms with Gasteiger partial charge >= 0.3 is 0 Å². The summed E-state index contributed by atoms with van der Waals surface area (Å²) >= 11 is 0. The third kappa shape index (κ3) is 5.94. The van der Waals surface area contributed by atoms with Gasteiger partial charge in [-0.25, -0.2) is 0 Å². The lowest BCUT2D eigenvalue weighted by Gasteiger charge is -2.16. The minimum Gasteiger partial charge on any atom is -0.484 e. The Morgan fingerprint density at radius 1 is 0.931 bits per heavy atom. The summed E-state index contributed by atoms with van der Waals surface area (Å²) in [6, 6.07) is 23.8. The van der Waals surface area contributed by atoms with E-state index in [9.17, 15) is 9.59 Å². The molecule has 3 rings (SSSR count). The van der Waals surface area contributed by atoms with Crippen molar-refractivity contribution in [1.29, 1.82) is 0 Å². The van der Waals surface area contributed by atoms with E-state index in [4.69, 9.17) is 4.74 Å². The monoisotopic (exact) mass is 388 g/mol. The SMILES string of the molecule is Cc1cccc(OCC(=O)NC(C)c2cccc(NC(=O)c3ccccc3)c2)c1. The van der Waals surface area contributed by atoms with Gasteiger partial charge in [-0.05, 0) is 61.4 Å². The van der Waals surface area contributed by atoms with Crippen LogP contribution in [0.4, 0.5) is 5.69 Å². The summed E-state index contributed by atoms with van der Waals surface area (Å²) < 4.78 is 5.54. The molecule has 0 aliphatic carbocycles. The second kappa shape index (κ2) is 9.55. The smallest absolute Gasteiger partial charge is 0.258 e.